The van der Waals surface area contributed by atoms with E-state index in [9.17, 15) is 0 Å². The van der Waals surface area contributed by atoms with Gasteiger partial charge in [0.15, 0.2) is 0 Å². The summed E-state index contributed by atoms with van der Waals surface area (Å²) >= 11 is 0. The average molecular weight is 122 g/mol. The van der Waals surface area contributed by atoms with Gasteiger partial charge in [0, 0.05) is 0 Å². The van der Waals surface area contributed by atoms with Crippen LogP contribution in [0.1, 0.15) is 0 Å². The fraction of sp³-hybridized carbons (Fsp3) is 0. The smallest absolute Gasteiger partial charge is 0.226 e. The van der Waals surface area contributed by atoms with Gasteiger partial charge in [0.25, 0.3) is 0 Å². The Morgan fingerprint density at radius 2 is 2.33 bits per heavy atom. The molecule has 0 unspecified atom stereocenters. The first kappa shape index (κ1) is 4.30. The zero-order valence-electron chi connectivity index (χ0n) is 4.31. The van der Waals surface area contributed by atoms with Gasteiger partial charge in [0.05, 0.1) is 6.20 Å². The second-order valence-corrected chi connectivity index (χ2v) is 1.48. The number of nitrogens with one attached hydrogen (secondary N) is 1. The molecule has 6 nitrogen and oxygen atoms in total. The maximum Gasteiger partial charge on any atom is 0.226 e. The lowest BCUT2D eigenvalue weighted by Gasteiger charge is -1.76. The molecule has 0 atom stereocenters. The Labute approximate surface area is 49.3 Å². The summed E-state index contributed by atoms with van der Waals surface area (Å²) in [7, 11) is 0. The van der Waals surface area contributed by atoms with Gasteiger partial charge in [-0.25, -0.2) is 0 Å². The van der Waals surface area contributed by atoms with Crippen molar-refractivity contribution in [3.05, 3.63) is 6.20 Å². The third kappa shape index (κ3) is 0.525. The van der Waals surface area contributed by atoms with Gasteiger partial charge in [0.1, 0.15) is 5.52 Å². The normalized spacial score (nSPS) is 10.2. The minimum absolute atomic E-state index is 0.491. The lowest BCUT2D eigenvalue weighted by Crippen LogP contribution is -1.84. The van der Waals surface area contributed by atoms with E-state index in [0.29, 0.717) is 11.2 Å². The van der Waals surface area contributed by atoms with Gasteiger partial charge >= 0.3 is 0 Å². The van der Waals surface area contributed by atoms with Crippen molar-refractivity contribution < 1.29 is 0 Å². The number of hydrogen-bond acceptors (Lipinski definition) is 5. The fourth-order valence-electron chi connectivity index (χ4n) is 0.542. The van der Waals surface area contributed by atoms with Gasteiger partial charge in [-0.1, -0.05) is 5.21 Å². The summed E-state index contributed by atoms with van der Waals surface area (Å²) in [6, 6.07) is 0. The van der Waals surface area contributed by atoms with Crippen LogP contribution in [0.5, 0.6) is 0 Å². The van der Waals surface area contributed by atoms with Gasteiger partial charge < -0.3 is 0 Å². The van der Waals surface area contributed by atoms with E-state index < -0.39 is 0 Å². The molecule has 0 bridgehead atoms. The third-order valence-corrected chi connectivity index (χ3v) is 0.934. The number of aromatic nitrogens is 6. The van der Waals surface area contributed by atoms with Gasteiger partial charge in [-0.05, 0) is 5.21 Å². The van der Waals surface area contributed by atoms with Crippen molar-refractivity contribution in [2.45, 2.75) is 0 Å². The zero-order chi connectivity index (χ0) is 6.10. The van der Waals surface area contributed by atoms with Gasteiger partial charge in [-0.2, -0.15) is 0 Å². The van der Waals surface area contributed by atoms with E-state index in [4.69, 9.17) is 0 Å². The van der Waals surface area contributed by atoms with Gasteiger partial charge in [-0.15, -0.1) is 15.3 Å². The predicted octanol–water partition coefficient (Wildman–Crippen LogP) is -0.857. The molecule has 0 aliphatic carbocycles. The second kappa shape index (κ2) is 1.44. The van der Waals surface area contributed by atoms with Crippen LogP contribution in [0.2, 0.25) is 0 Å². The van der Waals surface area contributed by atoms with E-state index in [2.05, 4.69) is 30.8 Å². The Kier molecular flexibility index (Phi) is 0.689. The standard InChI is InChI=1S/C3H2N6/c1-2-3(6-8-4-1)7-9-5-2/h1H,(H,4,5,6,7,9). The van der Waals surface area contributed by atoms with Gasteiger partial charge in [0.2, 0.25) is 5.65 Å². The zero-order valence-corrected chi connectivity index (χ0v) is 4.31. The molecule has 0 aromatic carbocycles. The van der Waals surface area contributed by atoms with Crippen LogP contribution in [0.15, 0.2) is 6.20 Å². The molecule has 0 radical (unpaired) electrons. The lowest BCUT2D eigenvalue weighted by atomic mass is 10.6. The summed E-state index contributed by atoms with van der Waals surface area (Å²) in [6.07, 6.45) is 1.52. The molecule has 0 amide bonds. The third-order valence-electron chi connectivity index (χ3n) is 0.934. The topological polar surface area (TPSA) is 80.2 Å². The first-order valence-corrected chi connectivity index (χ1v) is 2.32. The molecule has 2 aromatic rings. The predicted molar refractivity (Wildman–Crippen MR) is 27.3 cm³/mol. The van der Waals surface area contributed by atoms with E-state index in [1.807, 2.05) is 0 Å². The van der Waals surface area contributed by atoms with Crippen molar-refractivity contribution in [2.75, 3.05) is 0 Å². The molecular formula is C3H2N6. The highest BCUT2D eigenvalue weighted by molar-refractivity contribution is 5.65. The summed E-state index contributed by atoms with van der Waals surface area (Å²) in [4.78, 5) is 0. The van der Waals surface area contributed by atoms with Crippen molar-refractivity contribution >= 4 is 11.2 Å². The summed E-state index contributed by atoms with van der Waals surface area (Å²) in [5, 5.41) is 20.1. The maximum absolute atomic E-state index is 3.60. The van der Waals surface area contributed by atoms with Crippen molar-refractivity contribution in [3.63, 3.8) is 0 Å². The van der Waals surface area contributed by atoms with Crippen LogP contribution in [0.25, 0.3) is 11.2 Å². The summed E-state index contributed by atoms with van der Waals surface area (Å²) < 4.78 is 0. The van der Waals surface area contributed by atoms with Crippen LogP contribution in [0, 0.1) is 0 Å². The molecule has 0 aliphatic rings. The maximum atomic E-state index is 3.60. The highest BCUT2D eigenvalue weighted by Crippen LogP contribution is 1.95. The van der Waals surface area contributed by atoms with Crippen molar-refractivity contribution in [2.24, 2.45) is 0 Å². The van der Waals surface area contributed by atoms with Crippen LogP contribution in [0.3, 0.4) is 0 Å². The number of nitrogens with zero attached hydrogens (tertiary/aromatic N) is 5. The summed E-state index contributed by atoms with van der Waals surface area (Å²) in [6.45, 7) is 0. The molecule has 0 spiro atoms. The van der Waals surface area contributed by atoms with Crippen molar-refractivity contribution in [1.82, 2.24) is 30.8 Å². The lowest BCUT2D eigenvalue weighted by molar-refractivity contribution is 0.883. The second-order valence-electron chi connectivity index (χ2n) is 1.48. The number of H-pyrrole nitrogens is 1. The molecular weight excluding hydrogens is 120 g/mol. The first-order chi connectivity index (χ1) is 4.47. The molecule has 1 N–H and O–H groups in total. The van der Waals surface area contributed by atoms with Crippen LogP contribution >= 0.6 is 0 Å². The molecule has 0 aliphatic heterocycles. The number of rotatable bonds is 0. The highest BCUT2D eigenvalue weighted by atomic mass is 15.4. The molecule has 2 rings (SSSR count). The quantitative estimate of drug-likeness (QED) is 0.492. The average Bonchev–Trinajstić information content (AvgIpc) is 2.33. The van der Waals surface area contributed by atoms with Gasteiger partial charge in [-0.3, -0.25) is 5.10 Å². The summed E-state index contributed by atoms with van der Waals surface area (Å²) in [5.41, 5.74) is 1.19. The van der Waals surface area contributed by atoms with E-state index in [1.54, 1.807) is 0 Å². The van der Waals surface area contributed by atoms with E-state index >= 15 is 0 Å². The molecule has 2 aromatic heterocycles. The molecule has 0 saturated heterocycles. The number of aromatic amines is 1. The van der Waals surface area contributed by atoms with Crippen LogP contribution in [-0.2, 0) is 0 Å². The van der Waals surface area contributed by atoms with Crippen LogP contribution < -0.4 is 0 Å². The fourth-order valence-corrected chi connectivity index (χ4v) is 0.542. The largest absolute Gasteiger partial charge is 0.254 e. The Hall–Kier alpha value is -1.59. The molecule has 0 saturated carbocycles. The van der Waals surface area contributed by atoms with Crippen molar-refractivity contribution in [1.29, 1.82) is 0 Å². The molecule has 2 heterocycles. The Bertz CT molecular complexity index is 282. The molecule has 0 fully saturated rings. The minimum atomic E-state index is 0.491. The Balaban J connectivity index is 2.95. The van der Waals surface area contributed by atoms with Crippen molar-refractivity contribution in [3.8, 4) is 0 Å². The Morgan fingerprint density at radius 1 is 1.33 bits per heavy atom. The van der Waals surface area contributed by atoms with E-state index in [0.717, 1.165) is 0 Å². The number of fused-ring (bicyclic) bond motifs is 1. The summed E-state index contributed by atoms with van der Waals surface area (Å²) in [5.74, 6) is 0. The van der Waals surface area contributed by atoms with E-state index in [1.165, 1.54) is 6.20 Å². The minimum Gasteiger partial charge on any atom is -0.254 e. The highest BCUT2D eigenvalue weighted by Gasteiger charge is 1.94. The SMILES string of the molecule is c1nnnc2nn[nH]c12. The molecule has 44 valence electrons. The number of hydrogen-bond donors (Lipinski definition) is 1. The monoisotopic (exact) mass is 122 g/mol. The van der Waals surface area contributed by atoms with Crippen LogP contribution in [0.4, 0.5) is 0 Å². The first-order valence-electron chi connectivity index (χ1n) is 2.32. The van der Waals surface area contributed by atoms with Crippen LogP contribution in [-0.4, -0.2) is 30.8 Å². The van der Waals surface area contributed by atoms with E-state index in [-0.39, 0.29) is 0 Å². The Morgan fingerprint density at radius 3 is 3.22 bits per heavy atom. The molecule has 9 heavy (non-hydrogen) atoms. The molecule has 6 heteroatoms.